The predicted molar refractivity (Wildman–Crippen MR) is 97.6 cm³/mol. The third kappa shape index (κ3) is 4.74. The Kier molecular flexibility index (Phi) is 5.28. The maximum absolute atomic E-state index is 12.2. The van der Waals surface area contributed by atoms with Gasteiger partial charge in [-0.25, -0.2) is 13.6 Å². The molecule has 0 fully saturated rings. The van der Waals surface area contributed by atoms with Crippen LogP contribution >= 0.6 is 0 Å². The number of nitrogens with one attached hydrogen (secondary N) is 1. The SMILES string of the molecule is C[C@H](NC(=O)Cn1nnc(-c2ccccc2)n1)c1ccc(S(N)(=O)=O)cc1. The summed E-state index contributed by atoms with van der Waals surface area (Å²) in [6, 6.07) is 15.0. The van der Waals surface area contributed by atoms with Gasteiger partial charge in [-0.2, -0.15) is 4.80 Å². The monoisotopic (exact) mass is 386 g/mol. The highest BCUT2D eigenvalue weighted by atomic mass is 32.2. The van der Waals surface area contributed by atoms with E-state index in [0.717, 1.165) is 11.1 Å². The van der Waals surface area contributed by atoms with E-state index in [0.29, 0.717) is 5.82 Å². The molecule has 2 aromatic carbocycles. The van der Waals surface area contributed by atoms with Gasteiger partial charge in [0.1, 0.15) is 6.54 Å². The van der Waals surface area contributed by atoms with Crippen LogP contribution in [0.4, 0.5) is 0 Å². The Morgan fingerprint density at radius 2 is 1.81 bits per heavy atom. The number of sulfonamides is 1. The summed E-state index contributed by atoms with van der Waals surface area (Å²) in [4.78, 5) is 13.4. The van der Waals surface area contributed by atoms with Crippen molar-refractivity contribution >= 4 is 15.9 Å². The number of nitrogens with two attached hydrogens (primary N) is 1. The second-order valence-electron chi connectivity index (χ2n) is 5.91. The van der Waals surface area contributed by atoms with Gasteiger partial charge in [0.15, 0.2) is 0 Å². The van der Waals surface area contributed by atoms with Crippen molar-refractivity contribution in [3.63, 3.8) is 0 Å². The molecular weight excluding hydrogens is 368 g/mol. The molecule has 0 aliphatic carbocycles. The lowest BCUT2D eigenvalue weighted by molar-refractivity contribution is -0.122. The normalized spacial score (nSPS) is 12.5. The fraction of sp³-hybridized carbons (Fsp3) is 0.176. The Morgan fingerprint density at radius 3 is 2.44 bits per heavy atom. The first-order valence-corrected chi connectivity index (χ1v) is 9.63. The molecule has 1 amide bonds. The molecule has 0 spiro atoms. The third-order valence-corrected chi connectivity index (χ3v) is 4.79. The molecule has 0 bridgehead atoms. The number of carbonyl (C=O) groups excluding carboxylic acids is 1. The molecule has 3 aromatic rings. The van der Waals surface area contributed by atoms with Crippen LogP contribution in [0.3, 0.4) is 0 Å². The fourth-order valence-corrected chi connectivity index (χ4v) is 2.97. The van der Waals surface area contributed by atoms with Crippen molar-refractivity contribution in [3.05, 3.63) is 60.2 Å². The molecule has 0 saturated carbocycles. The molecule has 1 atom stereocenters. The summed E-state index contributed by atoms with van der Waals surface area (Å²) in [6.07, 6.45) is 0. The Labute approximate surface area is 156 Å². The zero-order valence-electron chi connectivity index (χ0n) is 14.5. The molecule has 9 nitrogen and oxygen atoms in total. The standard InChI is InChI=1S/C17H18N6O3S/c1-12(13-7-9-15(10-8-13)27(18,25)26)19-16(24)11-23-21-17(20-22-23)14-5-3-2-4-6-14/h2-10,12H,11H2,1H3,(H,19,24)(H2,18,25,26)/t12-/m0/s1. The van der Waals surface area contributed by atoms with Crippen molar-refractivity contribution in [2.24, 2.45) is 5.14 Å². The number of amides is 1. The largest absolute Gasteiger partial charge is 0.348 e. The Bertz CT molecular complexity index is 1030. The summed E-state index contributed by atoms with van der Waals surface area (Å²) in [5.41, 5.74) is 1.56. The molecule has 0 aliphatic rings. The van der Waals surface area contributed by atoms with Gasteiger partial charge in [-0.15, -0.1) is 10.2 Å². The zero-order valence-corrected chi connectivity index (χ0v) is 15.3. The molecule has 140 valence electrons. The molecule has 10 heteroatoms. The number of primary sulfonamides is 1. The molecule has 27 heavy (non-hydrogen) atoms. The average Bonchev–Trinajstić information content (AvgIpc) is 3.10. The van der Waals surface area contributed by atoms with Crippen molar-refractivity contribution in [2.75, 3.05) is 0 Å². The molecule has 0 saturated heterocycles. The molecule has 1 heterocycles. The number of hydrogen-bond acceptors (Lipinski definition) is 6. The predicted octanol–water partition coefficient (Wildman–Crippen LogP) is 0.865. The summed E-state index contributed by atoms with van der Waals surface area (Å²) < 4.78 is 22.6. The maximum atomic E-state index is 12.2. The van der Waals surface area contributed by atoms with Crippen LogP contribution in [0.25, 0.3) is 11.4 Å². The highest BCUT2D eigenvalue weighted by molar-refractivity contribution is 7.89. The molecule has 3 N–H and O–H groups in total. The van der Waals surface area contributed by atoms with Crippen LogP contribution < -0.4 is 10.5 Å². The minimum atomic E-state index is -3.74. The zero-order chi connectivity index (χ0) is 19.4. The topological polar surface area (TPSA) is 133 Å². The van der Waals surface area contributed by atoms with Crippen LogP contribution in [0.5, 0.6) is 0 Å². The van der Waals surface area contributed by atoms with Crippen LogP contribution in [0, 0.1) is 0 Å². The molecule has 3 rings (SSSR count). The van der Waals surface area contributed by atoms with Gasteiger partial charge in [-0.05, 0) is 29.8 Å². The molecule has 1 aromatic heterocycles. The second kappa shape index (κ2) is 7.64. The summed E-state index contributed by atoms with van der Waals surface area (Å²) >= 11 is 0. The highest BCUT2D eigenvalue weighted by Gasteiger charge is 2.14. The van der Waals surface area contributed by atoms with E-state index >= 15 is 0 Å². The lowest BCUT2D eigenvalue weighted by atomic mass is 10.1. The minimum absolute atomic E-state index is 0.0185. The number of nitrogens with zero attached hydrogens (tertiary/aromatic N) is 4. The summed E-state index contributed by atoms with van der Waals surface area (Å²) in [5, 5.41) is 19.9. The molecular formula is C17H18N6O3S. The average molecular weight is 386 g/mol. The van der Waals surface area contributed by atoms with Gasteiger partial charge in [-0.1, -0.05) is 42.5 Å². The third-order valence-electron chi connectivity index (χ3n) is 3.86. The van der Waals surface area contributed by atoms with Gasteiger partial charge >= 0.3 is 0 Å². The Morgan fingerprint density at radius 1 is 1.15 bits per heavy atom. The lowest BCUT2D eigenvalue weighted by Crippen LogP contribution is -2.30. The van der Waals surface area contributed by atoms with Gasteiger partial charge in [0.05, 0.1) is 10.9 Å². The van der Waals surface area contributed by atoms with Gasteiger partial charge in [0.25, 0.3) is 0 Å². The van der Waals surface area contributed by atoms with Gasteiger partial charge in [0.2, 0.25) is 21.8 Å². The first kappa shape index (κ1) is 18.7. The summed E-state index contributed by atoms with van der Waals surface area (Å²) in [5.74, 6) is 0.144. The first-order chi connectivity index (χ1) is 12.8. The summed E-state index contributed by atoms with van der Waals surface area (Å²) in [6.45, 7) is 1.70. The van der Waals surface area contributed by atoms with Crippen LogP contribution in [0.2, 0.25) is 0 Å². The number of hydrogen-bond donors (Lipinski definition) is 2. The van der Waals surface area contributed by atoms with Gasteiger partial charge < -0.3 is 5.32 Å². The van der Waals surface area contributed by atoms with Crippen molar-refractivity contribution in [3.8, 4) is 11.4 Å². The van der Waals surface area contributed by atoms with Crippen LogP contribution in [0.15, 0.2) is 59.5 Å². The number of tetrazole rings is 1. The van der Waals surface area contributed by atoms with Crippen molar-refractivity contribution in [2.45, 2.75) is 24.4 Å². The second-order valence-corrected chi connectivity index (χ2v) is 7.47. The van der Waals surface area contributed by atoms with Crippen LogP contribution in [0.1, 0.15) is 18.5 Å². The van der Waals surface area contributed by atoms with Gasteiger partial charge in [-0.3, -0.25) is 4.79 Å². The van der Waals surface area contributed by atoms with E-state index in [-0.39, 0.29) is 23.4 Å². The van der Waals surface area contributed by atoms with E-state index in [1.165, 1.54) is 16.9 Å². The number of aromatic nitrogens is 4. The number of carbonyl (C=O) groups is 1. The first-order valence-electron chi connectivity index (χ1n) is 8.08. The van der Waals surface area contributed by atoms with Crippen molar-refractivity contribution in [1.82, 2.24) is 25.5 Å². The fourth-order valence-electron chi connectivity index (χ4n) is 2.46. The van der Waals surface area contributed by atoms with Crippen molar-refractivity contribution < 1.29 is 13.2 Å². The van der Waals surface area contributed by atoms with Crippen LogP contribution in [-0.4, -0.2) is 34.5 Å². The maximum Gasteiger partial charge on any atom is 0.244 e. The molecule has 0 radical (unpaired) electrons. The smallest absolute Gasteiger partial charge is 0.244 e. The van der Waals surface area contributed by atoms with E-state index in [2.05, 4.69) is 20.7 Å². The quantitative estimate of drug-likeness (QED) is 0.646. The van der Waals surface area contributed by atoms with Crippen molar-refractivity contribution in [1.29, 1.82) is 0 Å². The minimum Gasteiger partial charge on any atom is -0.348 e. The number of rotatable bonds is 6. The number of benzene rings is 2. The molecule has 0 unspecified atom stereocenters. The Hall–Kier alpha value is -3.11. The van der Waals surface area contributed by atoms with E-state index < -0.39 is 10.0 Å². The molecule has 0 aliphatic heterocycles. The van der Waals surface area contributed by atoms with E-state index in [1.54, 1.807) is 19.1 Å². The Balaban J connectivity index is 1.61. The highest BCUT2D eigenvalue weighted by Crippen LogP contribution is 2.15. The summed E-state index contributed by atoms with van der Waals surface area (Å²) in [7, 11) is -3.74. The lowest BCUT2D eigenvalue weighted by Gasteiger charge is -2.14. The van der Waals surface area contributed by atoms with E-state index in [4.69, 9.17) is 5.14 Å². The van der Waals surface area contributed by atoms with E-state index in [1.807, 2.05) is 30.3 Å². The van der Waals surface area contributed by atoms with E-state index in [9.17, 15) is 13.2 Å². The van der Waals surface area contributed by atoms with Gasteiger partial charge in [0, 0.05) is 5.56 Å². The van der Waals surface area contributed by atoms with Crippen LogP contribution in [-0.2, 0) is 21.4 Å².